The predicted octanol–water partition coefficient (Wildman–Crippen LogP) is 4.23. The fourth-order valence-corrected chi connectivity index (χ4v) is 5.05. The van der Waals surface area contributed by atoms with E-state index in [4.69, 9.17) is 9.72 Å². The Hall–Kier alpha value is -3.26. The predicted molar refractivity (Wildman–Crippen MR) is 125 cm³/mol. The van der Waals surface area contributed by atoms with Gasteiger partial charge in [-0.25, -0.2) is 14.5 Å². The van der Waals surface area contributed by atoms with Crippen molar-refractivity contribution in [2.24, 2.45) is 0 Å². The number of pyridine rings is 1. The van der Waals surface area contributed by atoms with Gasteiger partial charge in [0.2, 0.25) is 0 Å². The minimum atomic E-state index is -0.0737. The standard InChI is InChI=1S/C25H28N6O2/c1-33-18-7-5-17(6-8-18)29-25(32)21-14-28-31-10-9-16(11-22(21)31)19-12-27-24-20(19)13-26-23(30-24)15-3-2-4-15/h9-15,17-18H,2-8H2,1H3,(H,29,32)(H,26,27,30). The third-order valence-electron chi connectivity index (χ3n) is 7.34. The molecule has 8 nitrogen and oxygen atoms in total. The molecule has 2 aliphatic rings. The Morgan fingerprint density at radius 3 is 2.79 bits per heavy atom. The number of methoxy groups -OCH3 is 1. The number of rotatable bonds is 5. The molecule has 4 aromatic heterocycles. The minimum Gasteiger partial charge on any atom is -0.381 e. The summed E-state index contributed by atoms with van der Waals surface area (Å²) in [5.74, 6) is 1.36. The summed E-state index contributed by atoms with van der Waals surface area (Å²) in [6.07, 6.45) is 15.2. The van der Waals surface area contributed by atoms with E-state index in [1.807, 2.05) is 30.7 Å². The monoisotopic (exact) mass is 444 g/mol. The summed E-state index contributed by atoms with van der Waals surface area (Å²) in [5.41, 5.74) is 4.27. The third kappa shape index (κ3) is 3.68. The van der Waals surface area contributed by atoms with Crippen molar-refractivity contribution in [1.82, 2.24) is 29.9 Å². The van der Waals surface area contributed by atoms with Crippen LogP contribution >= 0.6 is 0 Å². The zero-order chi connectivity index (χ0) is 22.4. The maximum atomic E-state index is 13.1. The van der Waals surface area contributed by atoms with Crippen molar-refractivity contribution in [3.63, 3.8) is 0 Å². The molecule has 2 saturated carbocycles. The van der Waals surface area contributed by atoms with Crippen LogP contribution in [0.15, 0.2) is 36.9 Å². The molecule has 0 aromatic carbocycles. The van der Waals surface area contributed by atoms with E-state index >= 15 is 0 Å². The Morgan fingerprint density at radius 2 is 2.03 bits per heavy atom. The lowest BCUT2D eigenvalue weighted by Crippen LogP contribution is -2.38. The molecule has 0 radical (unpaired) electrons. The molecule has 1 amide bonds. The van der Waals surface area contributed by atoms with Crippen molar-refractivity contribution in [3.05, 3.63) is 48.3 Å². The highest BCUT2D eigenvalue weighted by Crippen LogP contribution is 2.36. The lowest BCUT2D eigenvalue weighted by Gasteiger charge is -2.28. The maximum Gasteiger partial charge on any atom is 0.255 e. The molecule has 0 atom stereocenters. The normalized spacial score (nSPS) is 21.4. The number of H-pyrrole nitrogens is 1. The van der Waals surface area contributed by atoms with E-state index in [0.717, 1.165) is 59.2 Å². The summed E-state index contributed by atoms with van der Waals surface area (Å²) in [6, 6.07) is 4.21. The topological polar surface area (TPSA) is 97.2 Å². The van der Waals surface area contributed by atoms with E-state index in [9.17, 15) is 4.79 Å². The van der Waals surface area contributed by atoms with Crippen molar-refractivity contribution in [3.8, 4) is 11.1 Å². The first kappa shape index (κ1) is 20.4. The number of ether oxygens (including phenoxy) is 1. The summed E-state index contributed by atoms with van der Waals surface area (Å²) in [5, 5.41) is 8.58. The van der Waals surface area contributed by atoms with Crippen LogP contribution in [0.4, 0.5) is 0 Å². The zero-order valence-corrected chi connectivity index (χ0v) is 18.8. The van der Waals surface area contributed by atoms with Gasteiger partial charge in [-0.1, -0.05) is 6.42 Å². The second-order valence-electron chi connectivity index (χ2n) is 9.31. The van der Waals surface area contributed by atoms with E-state index < -0.39 is 0 Å². The number of hydrogen-bond acceptors (Lipinski definition) is 5. The highest BCUT2D eigenvalue weighted by molar-refractivity contribution is 6.02. The van der Waals surface area contributed by atoms with Gasteiger partial charge in [0.25, 0.3) is 5.91 Å². The number of nitrogens with one attached hydrogen (secondary N) is 2. The van der Waals surface area contributed by atoms with E-state index in [0.29, 0.717) is 17.6 Å². The zero-order valence-electron chi connectivity index (χ0n) is 18.8. The molecule has 0 bridgehead atoms. The minimum absolute atomic E-state index is 0.0737. The van der Waals surface area contributed by atoms with Crippen LogP contribution < -0.4 is 5.32 Å². The van der Waals surface area contributed by atoms with Crippen molar-refractivity contribution in [2.45, 2.75) is 63.0 Å². The van der Waals surface area contributed by atoms with E-state index in [-0.39, 0.29) is 11.9 Å². The number of aromatic nitrogens is 5. The molecular formula is C25H28N6O2. The number of carbonyl (C=O) groups excluding carboxylic acids is 1. The van der Waals surface area contributed by atoms with E-state index in [1.54, 1.807) is 17.8 Å². The number of aromatic amines is 1. The van der Waals surface area contributed by atoms with Crippen LogP contribution in [0.1, 0.15) is 67.0 Å². The highest BCUT2D eigenvalue weighted by atomic mass is 16.5. The molecule has 4 aromatic rings. The van der Waals surface area contributed by atoms with Crippen LogP contribution in [0.3, 0.4) is 0 Å². The molecule has 0 aliphatic heterocycles. The van der Waals surface area contributed by atoms with E-state index in [2.05, 4.69) is 20.4 Å². The molecule has 0 saturated heterocycles. The van der Waals surface area contributed by atoms with E-state index in [1.165, 1.54) is 19.3 Å². The van der Waals surface area contributed by atoms with Crippen LogP contribution in [0.25, 0.3) is 27.7 Å². The number of carbonyl (C=O) groups is 1. The summed E-state index contributed by atoms with van der Waals surface area (Å²) < 4.78 is 7.19. The summed E-state index contributed by atoms with van der Waals surface area (Å²) in [6.45, 7) is 0. The van der Waals surface area contributed by atoms with Crippen molar-refractivity contribution < 1.29 is 9.53 Å². The largest absolute Gasteiger partial charge is 0.381 e. The molecule has 2 fully saturated rings. The average Bonchev–Trinajstić information content (AvgIpc) is 3.42. The Bertz CT molecular complexity index is 1310. The lowest BCUT2D eigenvalue weighted by atomic mass is 9.85. The molecule has 2 aliphatic carbocycles. The maximum absolute atomic E-state index is 13.1. The molecule has 4 heterocycles. The fraction of sp³-hybridized carbons (Fsp3) is 0.440. The van der Waals surface area contributed by atoms with Gasteiger partial charge in [-0.3, -0.25) is 4.79 Å². The molecule has 2 N–H and O–H groups in total. The average molecular weight is 445 g/mol. The Labute approximate surface area is 191 Å². The molecule has 0 unspecified atom stereocenters. The van der Waals surface area contributed by atoms with Crippen LogP contribution in [-0.4, -0.2) is 49.7 Å². The Balaban J connectivity index is 1.27. The number of amides is 1. The molecule has 8 heteroatoms. The van der Waals surface area contributed by atoms with Gasteiger partial charge in [0, 0.05) is 48.6 Å². The first-order valence-electron chi connectivity index (χ1n) is 11.8. The van der Waals surface area contributed by atoms with Gasteiger partial charge >= 0.3 is 0 Å². The highest BCUT2D eigenvalue weighted by Gasteiger charge is 2.25. The Kier molecular flexibility index (Phi) is 5.10. The molecule has 6 rings (SSSR count). The van der Waals surface area contributed by atoms with Gasteiger partial charge < -0.3 is 15.0 Å². The van der Waals surface area contributed by atoms with Gasteiger partial charge in [-0.05, 0) is 56.2 Å². The smallest absolute Gasteiger partial charge is 0.255 e. The van der Waals surface area contributed by atoms with Gasteiger partial charge in [0.1, 0.15) is 11.5 Å². The SMILES string of the molecule is COC1CCC(NC(=O)c2cnn3ccc(-c4c[nH]c5nc(C6CCC6)ncc45)cc23)CC1. The molecule has 33 heavy (non-hydrogen) atoms. The van der Waals surface area contributed by atoms with Gasteiger partial charge in [0.15, 0.2) is 0 Å². The van der Waals surface area contributed by atoms with Crippen LogP contribution in [-0.2, 0) is 4.74 Å². The summed E-state index contributed by atoms with van der Waals surface area (Å²) in [4.78, 5) is 25.8. The summed E-state index contributed by atoms with van der Waals surface area (Å²) in [7, 11) is 1.76. The van der Waals surface area contributed by atoms with Gasteiger partial charge in [0.05, 0.1) is 23.4 Å². The van der Waals surface area contributed by atoms with Crippen LogP contribution in [0.5, 0.6) is 0 Å². The number of nitrogens with zero attached hydrogens (tertiary/aromatic N) is 4. The molecular weight excluding hydrogens is 416 g/mol. The number of fused-ring (bicyclic) bond motifs is 2. The third-order valence-corrected chi connectivity index (χ3v) is 7.34. The molecule has 0 spiro atoms. The van der Waals surface area contributed by atoms with Crippen molar-refractivity contribution >= 4 is 22.5 Å². The first-order valence-corrected chi connectivity index (χ1v) is 11.8. The van der Waals surface area contributed by atoms with Crippen LogP contribution in [0, 0.1) is 0 Å². The quantitative estimate of drug-likeness (QED) is 0.480. The summed E-state index contributed by atoms with van der Waals surface area (Å²) >= 11 is 0. The van der Waals surface area contributed by atoms with Crippen LogP contribution in [0.2, 0.25) is 0 Å². The fourth-order valence-electron chi connectivity index (χ4n) is 5.05. The first-order chi connectivity index (χ1) is 16.2. The lowest BCUT2D eigenvalue weighted by molar-refractivity contribution is 0.0599. The van der Waals surface area contributed by atoms with Crippen molar-refractivity contribution in [2.75, 3.05) is 7.11 Å². The van der Waals surface area contributed by atoms with Gasteiger partial charge in [-0.15, -0.1) is 0 Å². The second kappa shape index (κ2) is 8.26. The number of hydrogen-bond donors (Lipinski definition) is 2. The van der Waals surface area contributed by atoms with Gasteiger partial charge in [-0.2, -0.15) is 5.10 Å². The second-order valence-corrected chi connectivity index (χ2v) is 9.31. The van der Waals surface area contributed by atoms with Crippen molar-refractivity contribution in [1.29, 1.82) is 0 Å². The Morgan fingerprint density at radius 1 is 1.18 bits per heavy atom. The molecule has 170 valence electrons.